The summed E-state index contributed by atoms with van der Waals surface area (Å²) in [5.74, 6) is 0.891. The van der Waals surface area contributed by atoms with Crippen LogP contribution in [0, 0.1) is 0 Å². The van der Waals surface area contributed by atoms with Crippen LogP contribution in [0.2, 0.25) is 0 Å². The van der Waals surface area contributed by atoms with Crippen LogP contribution in [0.5, 0.6) is 11.5 Å². The Balaban J connectivity index is 0.000000170. The van der Waals surface area contributed by atoms with Crippen LogP contribution in [0.15, 0.2) is 240 Å². The third-order valence-electron chi connectivity index (χ3n) is 15.3. The van der Waals surface area contributed by atoms with Crippen LogP contribution in [-0.2, 0) is 40.3 Å². The molecule has 11 nitrogen and oxygen atoms in total. The van der Waals surface area contributed by atoms with Crippen molar-refractivity contribution in [3.8, 4) is 11.5 Å². The van der Waals surface area contributed by atoms with Crippen molar-refractivity contribution < 1.29 is 40.9 Å². The lowest BCUT2D eigenvalue weighted by Crippen LogP contribution is -2.54. The number of methoxy groups -OCH3 is 2. The molecule has 0 unspecified atom stereocenters. The van der Waals surface area contributed by atoms with Crippen LogP contribution >= 0.6 is 0 Å². The fourth-order valence-corrected chi connectivity index (χ4v) is 13.6. The number of aliphatic hydroxyl groups is 1. The molecule has 3 atom stereocenters. The molecule has 3 fully saturated rings. The molecule has 81 heavy (non-hydrogen) atoms. The summed E-state index contributed by atoms with van der Waals surface area (Å²) in [6.45, 7) is 3.63. The van der Waals surface area contributed by atoms with Gasteiger partial charge in [0.05, 0.1) is 53.0 Å². The highest BCUT2D eigenvalue weighted by atomic mass is 32.2. The minimum atomic E-state index is -3.72. The molecule has 3 aliphatic heterocycles. The smallest absolute Gasteiger partial charge is 0.180 e. The Morgan fingerprint density at radius 2 is 0.827 bits per heavy atom. The van der Waals surface area contributed by atoms with Crippen LogP contribution in [0.1, 0.15) is 71.9 Å². The molecule has 0 aliphatic carbocycles. The van der Waals surface area contributed by atoms with E-state index < -0.39 is 36.9 Å². The van der Waals surface area contributed by atoms with Crippen LogP contribution in [-0.4, -0.2) is 109 Å². The van der Waals surface area contributed by atoms with E-state index in [2.05, 4.69) is 119 Å². The van der Waals surface area contributed by atoms with Gasteiger partial charge in [0.1, 0.15) is 17.8 Å². The van der Waals surface area contributed by atoms with Crippen molar-refractivity contribution in [2.45, 2.75) is 77.6 Å². The number of carbonyl (C=O) groups excluding carboxylic acids is 1. The Morgan fingerprint density at radius 1 is 0.494 bits per heavy atom. The van der Waals surface area contributed by atoms with Crippen molar-refractivity contribution in [2.75, 3.05) is 52.5 Å². The molecule has 0 radical (unpaired) electrons. The Kier molecular flexibility index (Phi) is 21.0. The summed E-state index contributed by atoms with van der Waals surface area (Å²) in [6.07, 6.45) is 7.30. The highest BCUT2D eigenvalue weighted by Crippen LogP contribution is 2.48. The van der Waals surface area contributed by atoms with Gasteiger partial charge in [0.25, 0.3) is 0 Å². The zero-order chi connectivity index (χ0) is 57.1. The van der Waals surface area contributed by atoms with Gasteiger partial charge in [-0.25, -0.2) is 16.8 Å². The lowest BCUT2D eigenvalue weighted by molar-refractivity contribution is -0.112. The minimum Gasteiger partial charge on any atom is -0.497 e. The Hall–Kier alpha value is -7.23. The monoisotopic (exact) mass is 1130 g/mol. The molecular weight excluding hydrogens is 1050 g/mol. The average Bonchev–Trinajstić information content (AvgIpc) is 4.53. The molecule has 0 bridgehead atoms. The predicted octanol–water partition coefficient (Wildman–Crippen LogP) is 11.8. The summed E-state index contributed by atoms with van der Waals surface area (Å²) < 4.78 is 63.7. The van der Waals surface area contributed by atoms with Crippen LogP contribution in [0.25, 0.3) is 0 Å². The van der Waals surface area contributed by atoms with E-state index in [1.807, 2.05) is 72.8 Å². The van der Waals surface area contributed by atoms with E-state index in [0.717, 1.165) is 68.5 Å². The molecule has 13 heteroatoms. The average molecular weight is 1130 g/mol. The van der Waals surface area contributed by atoms with Gasteiger partial charge < -0.3 is 24.1 Å². The first-order chi connectivity index (χ1) is 39.4. The quantitative estimate of drug-likeness (QED) is 0.0730. The third kappa shape index (κ3) is 14.1. The number of aliphatic hydroxyl groups excluding tert-OH is 1. The SMILES string of the molecule is C1CCOC1.COc1ccc(S(=O)(=O)C[C@H](O)[C@H]2CCCN2C(c2ccccc2)(c2ccccc2)c2ccccc2)cc1.COc1ccc(S(C)(=O)=O)cc1.O=C[C@H]1CCCN1C(c1ccccc1)(c1ccccc1)c1ccccc1. The number of hydrogen-bond acceptors (Lipinski definition) is 11. The van der Waals surface area contributed by atoms with Crippen molar-refractivity contribution in [1.29, 1.82) is 0 Å². The molecule has 11 rings (SSSR count). The van der Waals surface area contributed by atoms with Crippen molar-refractivity contribution in [1.82, 2.24) is 9.80 Å². The first-order valence-corrected chi connectivity index (χ1v) is 31.2. The summed E-state index contributed by atoms with van der Waals surface area (Å²) in [6, 6.07) is 74.9. The number of carbonyl (C=O) groups is 1. The molecule has 1 N–H and O–H groups in total. The molecule has 3 aliphatic rings. The highest BCUT2D eigenvalue weighted by molar-refractivity contribution is 7.91. The number of benzene rings is 8. The highest BCUT2D eigenvalue weighted by Gasteiger charge is 2.50. The molecular formula is C68H74N2O9S2. The first-order valence-electron chi connectivity index (χ1n) is 27.7. The molecule has 0 aromatic heterocycles. The van der Waals surface area contributed by atoms with E-state index in [-0.39, 0.29) is 22.7 Å². The number of nitrogens with zero attached hydrogens (tertiary/aromatic N) is 2. The second-order valence-corrected chi connectivity index (χ2v) is 24.4. The van der Waals surface area contributed by atoms with Gasteiger partial charge in [0.2, 0.25) is 0 Å². The van der Waals surface area contributed by atoms with Crippen molar-refractivity contribution >= 4 is 26.0 Å². The van der Waals surface area contributed by atoms with Crippen molar-refractivity contribution in [3.63, 3.8) is 0 Å². The molecule has 0 spiro atoms. The normalized spacial score (nSPS) is 17.0. The molecule has 3 heterocycles. The summed E-state index contributed by atoms with van der Waals surface area (Å²) in [4.78, 5) is 17.1. The van der Waals surface area contributed by atoms with Gasteiger partial charge in [-0.2, -0.15) is 0 Å². The van der Waals surface area contributed by atoms with Gasteiger partial charge in [-0.1, -0.05) is 182 Å². The molecule has 8 aromatic carbocycles. The van der Waals surface area contributed by atoms with Crippen LogP contribution < -0.4 is 9.47 Å². The molecule has 0 saturated carbocycles. The van der Waals surface area contributed by atoms with E-state index in [9.17, 15) is 26.7 Å². The van der Waals surface area contributed by atoms with Gasteiger partial charge >= 0.3 is 0 Å². The maximum Gasteiger partial charge on any atom is 0.180 e. The second-order valence-electron chi connectivity index (χ2n) is 20.4. The molecule has 3 saturated heterocycles. The Labute approximate surface area is 479 Å². The number of hydrogen-bond donors (Lipinski definition) is 1. The molecule has 422 valence electrons. The van der Waals surface area contributed by atoms with E-state index in [1.165, 1.54) is 67.2 Å². The van der Waals surface area contributed by atoms with Crippen molar-refractivity contribution in [2.24, 2.45) is 0 Å². The van der Waals surface area contributed by atoms with Crippen molar-refractivity contribution in [3.05, 3.63) is 264 Å². The van der Waals surface area contributed by atoms with Crippen LogP contribution in [0.3, 0.4) is 0 Å². The minimum absolute atomic E-state index is 0.0735. The van der Waals surface area contributed by atoms with E-state index >= 15 is 0 Å². The van der Waals surface area contributed by atoms with E-state index in [0.29, 0.717) is 22.8 Å². The fraction of sp³-hybridized carbons (Fsp3) is 0.279. The predicted molar refractivity (Wildman–Crippen MR) is 321 cm³/mol. The number of ether oxygens (including phenoxy) is 3. The van der Waals surface area contributed by atoms with Crippen LogP contribution in [0.4, 0.5) is 0 Å². The van der Waals surface area contributed by atoms with Gasteiger partial charge in [0, 0.05) is 38.6 Å². The van der Waals surface area contributed by atoms with E-state index in [1.54, 1.807) is 31.4 Å². The zero-order valence-corrected chi connectivity index (χ0v) is 48.1. The number of rotatable bonds is 16. The van der Waals surface area contributed by atoms with Gasteiger partial charge in [0.15, 0.2) is 19.7 Å². The lowest BCUT2D eigenvalue weighted by Gasteiger charge is -2.47. The molecule has 0 amide bonds. The topological polar surface area (TPSA) is 140 Å². The summed E-state index contributed by atoms with van der Waals surface area (Å²) in [5.41, 5.74) is 5.67. The largest absolute Gasteiger partial charge is 0.497 e. The number of sulfone groups is 2. The summed E-state index contributed by atoms with van der Waals surface area (Å²) in [7, 11) is -3.72. The third-order valence-corrected chi connectivity index (χ3v) is 18.2. The first kappa shape index (κ1) is 59.9. The van der Waals surface area contributed by atoms with Gasteiger partial charge in [-0.3, -0.25) is 9.80 Å². The lowest BCUT2D eigenvalue weighted by atomic mass is 9.75. The van der Waals surface area contributed by atoms with E-state index in [4.69, 9.17) is 14.2 Å². The zero-order valence-electron chi connectivity index (χ0n) is 46.5. The van der Waals surface area contributed by atoms with Gasteiger partial charge in [-0.05, 0) is 120 Å². The standard InChI is InChI=1S/C32H33NO4S.C24H23NO.C8H10O3S.C4H8O/c1-37-28-19-21-29(22-20-28)38(35,36)24-31(34)30-18-11-23-33(30)32(25-12-5-2-6-13-25,26-14-7-3-8-15-26)27-16-9-4-10-17-27;26-19-23-17-10-18-25(23)24(20-11-4-1-5-12-20,21-13-6-2-7-14-21)22-15-8-3-9-16-22;1-11-7-3-5-8(6-4-7)12(2,9)10;1-2-4-5-3-1/h2-10,12-17,19-22,30-31,34H,11,18,23-24H2,1H3;1-9,11-16,19,23H,10,17-18H2;3-6H,1-2H3;1-4H2/t30-,31+;23-;;/m11../s1. The fourth-order valence-electron chi connectivity index (χ4n) is 11.6. The molecule has 8 aromatic rings. The Bertz CT molecular complexity index is 3170. The summed E-state index contributed by atoms with van der Waals surface area (Å²) in [5, 5.41) is 11.6. The van der Waals surface area contributed by atoms with Gasteiger partial charge in [-0.15, -0.1) is 0 Å². The maximum absolute atomic E-state index is 13.3. The maximum atomic E-state index is 13.3. The Morgan fingerprint density at radius 3 is 1.15 bits per heavy atom. The number of aldehydes is 1. The summed E-state index contributed by atoms with van der Waals surface area (Å²) >= 11 is 0. The second kappa shape index (κ2) is 28.5. The number of likely N-dealkylation sites (tertiary alicyclic amines) is 2.